The molecule has 2 N–H and O–H groups in total. The molecule has 8 heteroatoms. The fourth-order valence-electron chi connectivity index (χ4n) is 3.54. The number of hydrogen-bond donors (Lipinski definition) is 2. The highest BCUT2D eigenvalue weighted by molar-refractivity contribution is 5.81. The summed E-state index contributed by atoms with van der Waals surface area (Å²) in [6.45, 7) is 11.2. The van der Waals surface area contributed by atoms with Crippen LogP contribution in [-0.4, -0.2) is 73.1 Å². The Morgan fingerprint density at radius 3 is 2.47 bits per heavy atom. The lowest BCUT2D eigenvalue weighted by molar-refractivity contribution is -0.131. The van der Waals surface area contributed by atoms with E-state index < -0.39 is 0 Å². The maximum Gasteiger partial charge on any atom is 0.225 e. The molecule has 0 saturated carbocycles. The quantitative estimate of drug-likeness (QED) is 0.345. The van der Waals surface area contributed by atoms with Gasteiger partial charge in [-0.05, 0) is 17.9 Å². The number of hydrogen-bond acceptors (Lipinski definition) is 5. The Morgan fingerprint density at radius 1 is 1.13 bits per heavy atom. The first-order valence-corrected chi connectivity index (χ1v) is 11.2. The van der Waals surface area contributed by atoms with Crippen LogP contribution in [0, 0.1) is 5.41 Å². The summed E-state index contributed by atoms with van der Waals surface area (Å²) in [5.41, 5.74) is 0.227. The van der Waals surface area contributed by atoms with Crippen LogP contribution in [0.15, 0.2) is 23.5 Å². The Balaban J connectivity index is 1.65. The minimum absolute atomic E-state index is 0.173. The lowest BCUT2D eigenvalue weighted by Gasteiger charge is -2.34. The second-order valence-corrected chi connectivity index (χ2v) is 8.64. The summed E-state index contributed by atoms with van der Waals surface area (Å²) in [6, 6.07) is 1.81. The van der Waals surface area contributed by atoms with E-state index in [1.165, 1.54) is 25.7 Å². The maximum absolute atomic E-state index is 12.6. The number of amides is 1. The highest BCUT2D eigenvalue weighted by Crippen LogP contribution is 2.22. The van der Waals surface area contributed by atoms with Crippen LogP contribution in [-0.2, 0) is 4.79 Å². The first-order valence-electron chi connectivity index (χ1n) is 11.2. The molecule has 8 nitrogen and oxygen atoms in total. The van der Waals surface area contributed by atoms with Crippen molar-refractivity contribution >= 4 is 17.8 Å². The smallest absolute Gasteiger partial charge is 0.225 e. The van der Waals surface area contributed by atoms with Crippen LogP contribution >= 0.6 is 0 Å². The molecule has 1 aromatic heterocycles. The zero-order chi connectivity index (χ0) is 21.8. The van der Waals surface area contributed by atoms with Crippen molar-refractivity contribution in [3.63, 3.8) is 0 Å². The van der Waals surface area contributed by atoms with E-state index in [9.17, 15) is 4.79 Å². The third-order valence-corrected chi connectivity index (χ3v) is 5.51. The van der Waals surface area contributed by atoms with Crippen molar-refractivity contribution in [2.75, 3.05) is 51.2 Å². The van der Waals surface area contributed by atoms with Crippen molar-refractivity contribution in [1.29, 1.82) is 0 Å². The number of guanidine groups is 1. The number of nitrogens with one attached hydrogen (secondary N) is 2. The van der Waals surface area contributed by atoms with Crippen LogP contribution in [0.2, 0.25) is 0 Å². The number of rotatable bonds is 10. The van der Waals surface area contributed by atoms with E-state index in [2.05, 4.69) is 51.3 Å². The predicted molar refractivity (Wildman–Crippen MR) is 123 cm³/mol. The molecule has 1 saturated heterocycles. The molecule has 30 heavy (non-hydrogen) atoms. The second-order valence-electron chi connectivity index (χ2n) is 8.64. The molecular weight excluding hydrogens is 378 g/mol. The summed E-state index contributed by atoms with van der Waals surface area (Å²) in [7, 11) is 1.77. The molecule has 1 aliphatic rings. The molecule has 1 aromatic rings. The molecule has 0 spiro atoms. The van der Waals surface area contributed by atoms with Gasteiger partial charge in [-0.25, -0.2) is 9.97 Å². The van der Waals surface area contributed by atoms with Gasteiger partial charge in [0.25, 0.3) is 0 Å². The molecule has 0 atom stereocenters. The van der Waals surface area contributed by atoms with Gasteiger partial charge in [0.15, 0.2) is 5.96 Å². The van der Waals surface area contributed by atoms with E-state index in [1.807, 2.05) is 11.0 Å². The summed E-state index contributed by atoms with van der Waals surface area (Å²) in [5.74, 6) is 1.67. The molecule has 0 unspecified atom stereocenters. The summed E-state index contributed by atoms with van der Waals surface area (Å²) in [6.07, 6.45) is 8.94. The van der Waals surface area contributed by atoms with Crippen molar-refractivity contribution < 1.29 is 4.79 Å². The molecule has 1 aliphatic heterocycles. The summed E-state index contributed by atoms with van der Waals surface area (Å²) in [4.78, 5) is 29.5. The maximum atomic E-state index is 12.6. The molecule has 168 valence electrons. The van der Waals surface area contributed by atoms with Gasteiger partial charge < -0.3 is 20.4 Å². The van der Waals surface area contributed by atoms with Gasteiger partial charge in [0.05, 0.1) is 0 Å². The Hall–Kier alpha value is -2.38. The molecule has 1 amide bonds. The van der Waals surface area contributed by atoms with Crippen molar-refractivity contribution in [3.05, 3.63) is 18.5 Å². The largest absolute Gasteiger partial charge is 0.356 e. The van der Waals surface area contributed by atoms with Crippen molar-refractivity contribution in [2.45, 2.75) is 52.9 Å². The molecule has 0 bridgehead atoms. The lowest BCUT2D eigenvalue weighted by atomic mass is 9.87. The Bertz CT molecular complexity index is 655. The summed E-state index contributed by atoms with van der Waals surface area (Å²) >= 11 is 0. The number of unbranched alkanes of at least 4 members (excludes halogenated alkanes) is 2. The number of aromatic nitrogens is 2. The van der Waals surface area contributed by atoms with Crippen LogP contribution < -0.4 is 15.5 Å². The highest BCUT2D eigenvalue weighted by atomic mass is 16.2. The third kappa shape index (κ3) is 8.16. The number of aliphatic imine (C=N–C) groups is 1. The molecular formula is C22H39N7O. The first-order chi connectivity index (χ1) is 14.4. The Morgan fingerprint density at radius 2 is 1.83 bits per heavy atom. The van der Waals surface area contributed by atoms with Crippen LogP contribution in [0.3, 0.4) is 0 Å². The van der Waals surface area contributed by atoms with E-state index in [0.717, 1.165) is 31.5 Å². The van der Waals surface area contributed by atoms with Gasteiger partial charge in [0.1, 0.15) is 0 Å². The van der Waals surface area contributed by atoms with Gasteiger partial charge in [0, 0.05) is 65.1 Å². The number of carbonyl (C=O) groups is 1. The molecule has 1 fully saturated rings. The zero-order valence-electron chi connectivity index (χ0n) is 19.2. The first kappa shape index (κ1) is 23.9. The van der Waals surface area contributed by atoms with Crippen molar-refractivity contribution in [1.82, 2.24) is 25.5 Å². The lowest BCUT2D eigenvalue weighted by Crippen LogP contribution is -2.50. The van der Waals surface area contributed by atoms with Gasteiger partial charge in [-0.1, -0.05) is 40.0 Å². The van der Waals surface area contributed by atoms with Gasteiger partial charge in [-0.15, -0.1) is 0 Å². The average molecular weight is 418 g/mol. The van der Waals surface area contributed by atoms with E-state index in [4.69, 9.17) is 0 Å². The number of nitrogens with zero attached hydrogens (tertiary/aromatic N) is 5. The predicted octanol–water partition coefficient (Wildman–Crippen LogP) is 2.29. The van der Waals surface area contributed by atoms with Gasteiger partial charge >= 0.3 is 0 Å². The number of carbonyl (C=O) groups excluding carboxylic acids is 1. The van der Waals surface area contributed by atoms with E-state index in [-0.39, 0.29) is 11.3 Å². The summed E-state index contributed by atoms with van der Waals surface area (Å²) in [5, 5.41) is 6.68. The Kier molecular flexibility index (Phi) is 9.83. The molecule has 2 heterocycles. The summed E-state index contributed by atoms with van der Waals surface area (Å²) < 4.78 is 0. The molecule has 2 rings (SSSR count). The number of piperazine rings is 1. The highest BCUT2D eigenvalue weighted by Gasteiger charge is 2.22. The van der Waals surface area contributed by atoms with E-state index in [0.29, 0.717) is 26.1 Å². The average Bonchev–Trinajstić information content (AvgIpc) is 2.76. The fraction of sp³-hybridized carbons (Fsp3) is 0.727. The minimum atomic E-state index is 0.173. The molecule has 0 aliphatic carbocycles. The number of anilines is 1. The van der Waals surface area contributed by atoms with Crippen LogP contribution in [0.5, 0.6) is 0 Å². The Labute approximate surface area is 181 Å². The van der Waals surface area contributed by atoms with E-state index in [1.54, 1.807) is 19.4 Å². The molecule has 0 aromatic carbocycles. The van der Waals surface area contributed by atoms with Gasteiger partial charge in [-0.3, -0.25) is 9.79 Å². The zero-order valence-corrected chi connectivity index (χ0v) is 19.2. The van der Waals surface area contributed by atoms with Crippen LogP contribution in [0.4, 0.5) is 5.95 Å². The molecule has 0 radical (unpaired) electrons. The SMILES string of the molecule is CCCCCC(C)(C)CNC(=NC)NCCC(=O)N1CCN(c2ncccn2)CC1. The standard InChI is InChI=1S/C22H39N7O/c1-5-6-7-10-22(2,3)18-27-20(23-4)24-13-9-19(30)28-14-16-29(17-15-28)21-25-11-8-12-26-21/h8,11-12H,5-7,9-10,13-18H2,1-4H3,(H2,23,24,27). The monoisotopic (exact) mass is 417 g/mol. The van der Waals surface area contributed by atoms with Crippen LogP contribution in [0.25, 0.3) is 0 Å². The van der Waals surface area contributed by atoms with Crippen LogP contribution in [0.1, 0.15) is 52.9 Å². The van der Waals surface area contributed by atoms with E-state index >= 15 is 0 Å². The van der Waals surface area contributed by atoms with Crippen molar-refractivity contribution in [3.8, 4) is 0 Å². The topological polar surface area (TPSA) is 85.8 Å². The normalized spacial score (nSPS) is 15.3. The minimum Gasteiger partial charge on any atom is -0.356 e. The third-order valence-electron chi connectivity index (χ3n) is 5.51. The second kappa shape index (κ2) is 12.3. The van der Waals surface area contributed by atoms with Gasteiger partial charge in [-0.2, -0.15) is 0 Å². The van der Waals surface area contributed by atoms with Crippen molar-refractivity contribution in [2.24, 2.45) is 10.4 Å². The van der Waals surface area contributed by atoms with Gasteiger partial charge in [0.2, 0.25) is 11.9 Å². The fourth-order valence-corrected chi connectivity index (χ4v) is 3.54.